The molecule has 0 bridgehead atoms. The Balaban J connectivity index is 3.23. The van der Waals surface area contributed by atoms with Crippen LogP contribution in [0.25, 0.3) is 0 Å². The molecule has 19 heavy (non-hydrogen) atoms. The molecule has 1 rings (SSSR count). The average molecular weight is 309 g/mol. The highest BCUT2D eigenvalue weighted by molar-refractivity contribution is 7.89. The highest BCUT2D eigenvalue weighted by Gasteiger charge is 2.22. The number of nitrogens with one attached hydrogen (secondary N) is 2. The Bertz CT molecular complexity index is 591. The van der Waals surface area contributed by atoms with E-state index in [1.807, 2.05) is 10.3 Å². The Hall–Kier alpha value is -1.65. The van der Waals surface area contributed by atoms with E-state index >= 15 is 0 Å². The van der Waals surface area contributed by atoms with E-state index in [0.717, 1.165) is 12.1 Å². The van der Waals surface area contributed by atoms with Crippen LogP contribution in [-0.4, -0.2) is 27.7 Å². The zero-order valence-electron chi connectivity index (χ0n) is 10.1. The van der Waals surface area contributed by atoms with Crippen molar-refractivity contribution in [3.8, 4) is 11.5 Å². The Labute approximate surface area is 114 Å². The monoisotopic (exact) mass is 309 g/mol. The van der Waals surface area contributed by atoms with Crippen molar-refractivity contribution in [3.63, 3.8) is 0 Å². The number of rotatable bonds is 5. The fraction of sp³-hybridized carbons (Fsp3) is 0.222. The van der Waals surface area contributed by atoms with E-state index in [4.69, 9.17) is 15.2 Å². The summed E-state index contributed by atoms with van der Waals surface area (Å²) in [6.45, 7) is 0. The number of nitrogens with two attached hydrogens (primary N) is 1. The molecule has 1 aromatic carbocycles. The van der Waals surface area contributed by atoms with Crippen molar-refractivity contribution < 1.29 is 22.3 Å². The molecule has 0 saturated heterocycles. The first kappa shape index (κ1) is 15.4. The molecular formula is C9H12FN3O4S2. The first-order valence-electron chi connectivity index (χ1n) is 4.80. The first-order valence-corrected chi connectivity index (χ1v) is 6.69. The van der Waals surface area contributed by atoms with Crippen LogP contribution in [0.15, 0.2) is 17.0 Å². The number of thiocarbonyl (C=S) groups is 1. The summed E-state index contributed by atoms with van der Waals surface area (Å²) in [5.74, 6) is -0.865. The summed E-state index contributed by atoms with van der Waals surface area (Å²) in [5, 5.41) is -0.301. The molecule has 0 heterocycles. The molecule has 0 aliphatic heterocycles. The topological polar surface area (TPSA) is 103 Å². The molecule has 0 aliphatic rings. The molecule has 0 aliphatic carbocycles. The van der Waals surface area contributed by atoms with E-state index in [1.165, 1.54) is 14.2 Å². The third-order valence-corrected chi connectivity index (χ3v) is 3.40. The predicted molar refractivity (Wildman–Crippen MR) is 69.7 cm³/mol. The van der Waals surface area contributed by atoms with Gasteiger partial charge in [-0.05, 0) is 12.2 Å². The second-order valence-electron chi connectivity index (χ2n) is 3.23. The van der Waals surface area contributed by atoms with Crippen LogP contribution >= 0.6 is 12.2 Å². The standard InChI is InChI=1S/C9H12FN3O4S2/c1-16-6-3-5(10)8(4-7(6)17-2)19(14,15)13-12-9(11)18/h3-4,13H,1-2H3,(H3,11,12,18). The highest BCUT2D eigenvalue weighted by atomic mass is 32.2. The lowest BCUT2D eigenvalue weighted by molar-refractivity contribution is 0.350. The number of halogens is 1. The molecule has 0 unspecified atom stereocenters. The van der Waals surface area contributed by atoms with E-state index in [9.17, 15) is 12.8 Å². The van der Waals surface area contributed by atoms with Gasteiger partial charge in [0, 0.05) is 12.1 Å². The van der Waals surface area contributed by atoms with Crippen LogP contribution < -0.4 is 25.5 Å². The smallest absolute Gasteiger partial charge is 0.260 e. The number of methoxy groups -OCH3 is 2. The van der Waals surface area contributed by atoms with Gasteiger partial charge in [-0.15, -0.1) is 4.83 Å². The normalized spacial score (nSPS) is 10.9. The van der Waals surface area contributed by atoms with Gasteiger partial charge in [-0.2, -0.15) is 0 Å². The van der Waals surface area contributed by atoms with Gasteiger partial charge in [0.2, 0.25) is 0 Å². The van der Waals surface area contributed by atoms with Crippen molar-refractivity contribution in [2.75, 3.05) is 14.2 Å². The lowest BCUT2D eigenvalue weighted by Crippen LogP contribution is -2.44. The fourth-order valence-corrected chi connectivity index (χ4v) is 2.26. The van der Waals surface area contributed by atoms with Crippen LogP contribution in [0.2, 0.25) is 0 Å². The molecule has 4 N–H and O–H groups in total. The van der Waals surface area contributed by atoms with Gasteiger partial charge in [-0.3, -0.25) is 5.43 Å². The molecule has 7 nitrogen and oxygen atoms in total. The predicted octanol–water partition coefficient (Wildman–Crippen LogP) is -0.131. The van der Waals surface area contributed by atoms with Crippen molar-refractivity contribution in [1.82, 2.24) is 10.3 Å². The lowest BCUT2D eigenvalue weighted by atomic mass is 10.3. The van der Waals surface area contributed by atoms with Crippen molar-refractivity contribution >= 4 is 27.4 Å². The third-order valence-electron chi connectivity index (χ3n) is 2.04. The zero-order chi connectivity index (χ0) is 14.6. The largest absolute Gasteiger partial charge is 0.493 e. The molecule has 0 radical (unpaired) electrons. The van der Waals surface area contributed by atoms with Gasteiger partial charge in [0.05, 0.1) is 14.2 Å². The Morgan fingerprint density at radius 3 is 2.32 bits per heavy atom. The van der Waals surface area contributed by atoms with E-state index in [2.05, 4.69) is 12.2 Å². The Morgan fingerprint density at radius 1 is 1.32 bits per heavy atom. The SMILES string of the molecule is COc1cc(F)c(S(=O)(=O)NNC(N)=S)cc1OC. The fourth-order valence-electron chi connectivity index (χ4n) is 1.21. The number of sulfonamides is 1. The summed E-state index contributed by atoms with van der Waals surface area (Å²) in [6.07, 6.45) is 0. The van der Waals surface area contributed by atoms with E-state index in [0.29, 0.717) is 0 Å². The summed E-state index contributed by atoms with van der Waals surface area (Å²) in [5.41, 5.74) is 7.08. The lowest BCUT2D eigenvalue weighted by Gasteiger charge is -2.12. The van der Waals surface area contributed by atoms with Crippen molar-refractivity contribution in [1.29, 1.82) is 0 Å². The molecule has 0 atom stereocenters. The second kappa shape index (κ2) is 5.99. The number of hydrogen-bond acceptors (Lipinski definition) is 5. The number of benzene rings is 1. The summed E-state index contributed by atoms with van der Waals surface area (Å²) < 4.78 is 47.1. The van der Waals surface area contributed by atoms with Crippen molar-refractivity contribution in [2.24, 2.45) is 5.73 Å². The quantitative estimate of drug-likeness (QED) is 0.514. The Kier molecular flexibility index (Phi) is 4.86. The van der Waals surface area contributed by atoms with Crippen molar-refractivity contribution in [2.45, 2.75) is 4.90 Å². The molecule has 1 aromatic rings. The Morgan fingerprint density at radius 2 is 1.84 bits per heavy atom. The van der Waals surface area contributed by atoms with E-state index in [-0.39, 0.29) is 16.6 Å². The first-order chi connectivity index (χ1) is 8.81. The van der Waals surface area contributed by atoms with Gasteiger partial charge < -0.3 is 15.2 Å². The number of hydrazine groups is 1. The van der Waals surface area contributed by atoms with Crippen LogP contribution in [0, 0.1) is 5.82 Å². The molecule has 0 aromatic heterocycles. The molecule has 0 spiro atoms. The van der Waals surface area contributed by atoms with Crippen LogP contribution in [-0.2, 0) is 10.0 Å². The van der Waals surface area contributed by atoms with Gasteiger partial charge in [0.1, 0.15) is 10.7 Å². The highest BCUT2D eigenvalue weighted by Crippen LogP contribution is 2.31. The van der Waals surface area contributed by atoms with Gasteiger partial charge in [-0.1, -0.05) is 0 Å². The van der Waals surface area contributed by atoms with Gasteiger partial charge >= 0.3 is 0 Å². The maximum Gasteiger partial charge on any atom is 0.260 e. The zero-order valence-corrected chi connectivity index (χ0v) is 11.7. The van der Waals surface area contributed by atoms with Crippen LogP contribution in [0.5, 0.6) is 11.5 Å². The van der Waals surface area contributed by atoms with Gasteiger partial charge in [0.15, 0.2) is 16.6 Å². The maximum atomic E-state index is 13.7. The van der Waals surface area contributed by atoms with Crippen LogP contribution in [0.1, 0.15) is 0 Å². The summed E-state index contributed by atoms with van der Waals surface area (Å²) >= 11 is 4.44. The molecule has 0 saturated carbocycles. The minimum Gasteiger partial charge on any atom is -0.493 e. The number of hydrogen-bond donors (Lipinski definition) is 3. The molecular weight excluding hydrogens is 297 g/mol. The minimum absolute atomic E-state index is 0.0691. The molecule has 0 fully saturated rings. The van der Waals surface area contributed by atoms with E-state index in [1.54, 1.807) is 0 Å². The molecule has 10 heteroatoms. The van der Waals surface area contributed by atoms with Crippen molar-refractivity contribution in [3.05, 3.63) is 17.9 Å². The van der Waals surface area contributed by atoms with Crippen LogP contribution in [0.4, 0.5) is 4.39 Å². The second-order valence-corrected chi connectivity index (χ2v) is 5.32. The minimum atomic E-state index is -4.18. The van der Waals surface area contributed by atoms with Gasteiger partial charge in [-0.25, -0.2) is 12.8 Å². The maximum absolute atomic E-state index is 13.7. The number of ether oxygens (including phenoxy) is 2. The summed E-state index contributed by atoms with van der Waals surface area (Å²) in [6, 6.07) is 1.88. The summed E-state index contributed by atoms with van der Waals surface area (Å²) in [4.78, 5) is 1.19. The van der Waals surface area contributed by atoms with E-state index < -0.39 is 20.7 Å². The van der Waals surface area contributed by atoms with Crippen LogP contribution in [0.3, 0.4) is 0 Å². The molecule has 106 valence electrons. The van der Waals surface area contributed by atoms with Gasteiger partial charge in [0.25, 0.3) is 10.0 Å². The summed E-state index contributed by atoms with van der Waals surface area (Å²) in [7, 11) is -1.58. The average Bonchev–Trinajstić information content (AvgIpc) is 2.35. The molecule has 0 amide bonds. The third kappa shape index (κ3) is 3.66.